The normalized spacial score (nSPS) is 10.0. The molecule has 0 saturated carbocycles. The molecule has 142 valence electrons. The third-order valence-electron chi connectivity index (χ3n) is 3.77. The fourth-order valence-electron chi connectivity index (χ4n) is 2.36. The minimum Gasteiger partial charge on any atom is -0.355 e. The van der Waals surface area contributed by atoms with Gasteiger partial charge in [-0.1, -0.05) is 30.3 Å². The van der Waals surface area contributed by atoms with Crippen LogP contribution in [0.5, 0.6) is 0 Å². The summed E-state index contributed by atoms with van der Waals surface area (Å²) in [6, 6.07) is 13.2. The zero-order chi connectivity index (χ0) is 19.8. The van der Waals surface area contributed by atoms with Crippen LogP contribution >= 0.6 is 0 Å². The SMILES string of the molecule is CNC(=O)c1ccncc1.O=c1[nH]c(NCc2ccccc2)nc2nc[nH]c12. The number of carbonyl (C=O) groups is 1. The molecule has 0 radical (unpaired) electrons. The molecule has 0 bridgehead atoms. The fourth-order valence-corrected chi connectivity index (χ4v) is 2.36. The molecular weight excluding hydrogens is 358 g/mol. The Hall–Kier alpha value is -4.01. The average Bonchev–Trinajstić information content (AvgIpc) is 3.23. The van der Waals surface area contributed by atoms with Crippen LogP contribution in [0.15, 0.2) is 66.0 Å². The van der Waals surface area contributed by atoms with Crippen LogP contribution < -0.4 is 16.2 Å². The summed E-state index contributed by atoms with van der Waals surface area (Å²) < 4.78 is 0. The van der Waals surface area contributed by atoms with Gasteiger partial charge in [0.25, 0.3) is 11.5 Å². The maximum Gasteiger partial charge on any atom is 0.278 e. The van der Waals surface area contributed by atoms with E-state index < -0.39 is 0 Å². The highest BCUT2D eigenvalue weighted by molar-refractivity contribution is 5.93. The zero-order valence-corrected chi connectivity index (χ0v) is 15.1. The number of amides is 1. The van der Waals surface area contributed by atoms with E-state index in [0.29, 0.717) is 29.2 Å². The molecule has 0 atom stereocenters. The third-order valence-corrected chi connectivity index (χ3v) is 3.77. The lowest BCUT2D eigenvalue weighted by Gasteiger charge is -2.04. The van der Waals surface area contributed by atoms with E-state index in [4.69, 9.17) is 0 Å². The van der Waals surface area contributed by atoms with Gasteiger partial charge in [0.2, 0.25) is 5.95 Å². The topological polar surface area (TPSA) is 128 Å². The minimum atomic E-state index is -0.229. The molecule has 28 heavy (non-hydrogen) atoms. The van der Waals surface area contributed by atoms with E-state index in [1.54, 1.807) is 31.6 Å². The summed E-state index contributed by atoms with van der Waals surface area (Å²) in [6.45, 7) is 0.597. The zero-order valence-electron chi connectivity index (χ0n) is 15.1. The molecule has 4 aromatic rings. The van der Waals surface area contributed by atoms with Crippen molar-refractivity contribution >= 4 is 23.0 Å². The number of nitrogens with one attached hydrogen (secondary N) is 4. The Morgan fingerprint density at radius 2 is 1.86 bits per heavy atom. The lowest BCUT2D eigenvalue weighted by atomic mass is 10.2. The summed E-state index contributed by atoms with van der Waals surface area (Å²) in [5, 5.41) is 5.58. The molecule has 0 fully saturated rings. The number of anilines is 1. The molecule has 0 aliphatic heterocycles. The van der Waals surface area contributed by atoms with E-state index >= 15 is 0 Å². The number of hydrogen-bond donors (Lipinski definition) is 4. The molecule has 0 aliphatic carbocycles. The second-order valence-electron chi connectivity index (χ2n) is 5.67. The Kier molecular flexibility index (Phi) is 6.09. The Bertz CT molecular complexity index is 1090. The molecule has 4 rings (SSSR count). The number of rotatable bonds is 4. The number of aromatic amines is 2. The predicted molar refractivity (Wildman–Crippen MR) is 106 cm³/mol. The van der Waals surface area contributed by atoms with Gasteiger partial charge in [0, 0.05) is 31.5 Å². The van der Waals surface area contributed by atoms with Crippen LogP contribution in [0.4, 0.5) is 5.95 Å². The summed E-state index contributed by atoms with van der Waals surface area (Å²) in [5.41, 5.74) is 2.32. The number of aromatic nitrogens is 5. The lowest BCUT2D eigenvalue weighted by molar-refractivity contribution is 0.0963. The molecule has 0 unspecified atom stereocenters. The van der Waals surface area contributed by atoms with Crippen molar-refractivity contribution in [1.29, 1.82) is 0 Å². The first kappa shape index (κ1) is 18.8. The van der Waals surface area contributed by atoms with Gasteiger partial charge in [-0.2, -0.15) is 4.98 Å². The summed E-state index contributed by atoms with van der Waals surface area (Å²) in [4.78, 5) is 39.9. The largest absolute Gasteiger partial charge is 0.355 e. The van der Waals surface area contributed by atoms with Crippen molar-refractivity contribution in [2.45, 2.75) is 6.54 Å². The van der Waals surface area contributed by atoms with Crippen molar-refractivity contribution in [2.24, 2.45) is 0 Å². The van der Waals surface area contributed by atoms with Gasteiger partial charge in [-0.25, -0.2) is 4.98 Å². The van der Waals surface area contributed by atoms with Gasteiger partial charge in [-0.05, 0) is 17.7 Å². The molecule has 9 heteroatoms. The Morgan fingerprint density at radius 3 is 2.57 bits per heavy atom. The highest BCUT2D eigenvalue weighted by Gasteiger charge is 2.05. The maximum absolute atomic E-state index is 11.7. The minimum absolute atomic E-state index is 0.0811. The number of nitrogens with zero attached hydrogens (tertiary/aromatic N) is 3. The highest BCUT2D eigenvalue weighted by atomic mass is 16.1. The van der Waals surface area contributed by atoms with Gasteiger partial charge < -0.3 is 15.6 Å². The number of H-pyrrole nitrogens is 2. The molecule has 3 heterocycles. The van der Waals surface area contributed by atoms with E-state index in [1.165, 1.54) is 6.33 Å². The van der Waals surface area contributed by atoms with E-state index in [1.807, 2.05) is 30.3 Å². The quantitative estimate of drug-likeness (QED) is 0.428. The Labute approximate surface area is 160 Å². The smallest absolute Gasteiger partial charge is 0.278 e. The monoisotopic (exact) mass is 377 g/mol. The Morgan fingerprint density at radius 1 is 1.11 bits per heavy atom. The maximum atomic E-state index is 11.7. The van der Waals surface area contributed by atoms with Gasteiger partial charge in [-0.3, -0.25) is 19.6 Å². The number of pyridine rings is 1. The Balaban J connectivity index is 0.000000192. The summed E-state index contributed by atoms with van der Waals surface area (Å²) in [7, 11) is 1.60. The molecule has 1 aromatic carbocycles. The van der Waals surface area contributed by atoms with E-state index in [9.17, 15) is 9.59 Å². The van der Waals surface area contributed by atoms with Crippen LogP contribution in [0.2, 0.25) is 0 Å². The van der Waals surface area contributed by atoms with E-state index in [0.717, 1.165) is 5.56 Å². The van der Waals surface area contributed by atoms with Crippen LogP contribution in [0.1, 0.15) is 15.9 Å². The number of carbonyl (C=O) groups excluding carboxylic acids is 1. The third kappa shape index (κ3) is 4.79. The first-order chi connectivity index (χ1) is 13.7. The van der Waals surface area contributed by atoms with Crippen LogP contribution in [0.25, 0.3) is 11.2 Å². The van der Waals surface area contributed by atoms with Crippen LogP contribution in [-0.2, 0) is 6.54 Å². The molecule has 3 aromatic heterocycles. The molecule has 0 saturated heterocycles. The van der Waals surface area contributed by atoms with Gasteiger partial charge in [-0.15, -0.1) is 0 Å². The number of benzene rings is 1. The molecule has 1 amide bonds. The van der Waals surface area contributed by atoms with E-state index in [2.05, 4.69) is 35.6 Å². The van der Waals surface area contributed by atoms with Gasteiger partial charge in [0.1, 0.15) is 0 Å². The summed E-state index contributed by atoms with van der Waals surface area (Å²) >= 11 is 0. The van der Waals surface area contributed by atoms with Gasteiger partial charge >= 0.3 is 0 Å². The average molecular weight is 377 g/mol. The number of hydrogen-bond acceptors (Lipinski definition) is 6. The van der Waals surface area contributed by atoms with Gasteiger partial charge in [0.15, 0.2) is 11.2 Å². The van der Waals surface area contributed by atoms with Crippen LogP contribution in [0, 0.1) is 0 Å². The first-order valence-electron chi connectivity index (χ1n) is 8.50. The number of imidazole rings is 1. The van der Waals surface area contributed by atoms with Crippen LogP contribution in [0.3, 0.4) is 0 Å². The predicted octanol–water partition coefficient (Wildman–Crippen LogP) is 1.70. The molecule has 0 aliphatic rings. The van der Waals surface area contributed by atoms with Crippen molar-refractivity contribution in [2.75, 3.05) is 12.4 Å². The standard InChI is InChI=1S/C12H11N5O.C7H8N2O/c18-11-9-10(15-7-14-9)16-12(17-11)13-6-8-4-2-1-3-5-8;1-8-7(10)6-2-4-9-5-3-6/h1-5,7H,6H2,(H3,13,14,15,16,17,18);2-5H,1H3,(H,8,10). The fraction of sp³-hybridized carbons (Fsp3) is 0.105. The molecule has 0 spiro atoms. The molecule has 9 nitrogen and oxygen atoms in total. The number of fused-ring (bicyclic) bond motifs is 1. The molecular formula is C19H19N7O2. The summed E-state index contributed by atoms with van der Waals surface area (Å²) in [6.07, 6.45) is 4.63. The lowest BCUT2D eigenvalue weighted by Crippen LogP contribution is -2.17. The van der Waals surface area contributed by atoms with Crippen molar-refractivity contribution in [3.63, 3.8) is 0 Å². The molecule has 4 N–H and O–H groups in total. The second kappa shape index (κ2) is 9.08. The van der Waals surface area contributed by atoms with Crippen molar-refractivity contribution in [1.82, 2.24) is 30.2 Å². The van der Waals surface area contributed by atoms with Gasteiger partial charge in [0.05, 0.1) is 6.33 Å². The van der Waals surface area contributed by atoms with Crippen molar-refractivity contribution in [3.05, 3.63) is 82.7 Å². The first-order valence-corrected chi connectivity index (χ1v) is 8.50. The van der Waals surface area contributed by atoms with Crippen LogP contribution in [-0.4, -0.2) is 37.9 Å². The van der Waals surface area contributed by atoms with Crippen molar-refractivity contribution < 1.29 is 4.79 Å². The highest BCUT2D eigenvalue weighted by Crippen LogP contribution is 2.05. The van der Waals surface area contributed by atoms with E-state index in [-0.39, 0.29) is 11.5 Å². The van der Waals surface area contributed by atoms with Crippen molar-refractivity contribution in [3.8, 4) is 0 Å². The summed E-state index contributed by atoms with van der Waals surface area (Å²) in [5.74, 6) is 0.339. The second-order valence-corrected chi connectivity index (χ2v) is 5.67.